The summed E-state index contributed by atoms with van der Waals surface area (Å²) in [5, 5.41) is 7.96. The van der Waals surface area contributed by atoms with Crippen LogP contribution in [0.25, 0.3) is 0 Å². The highest BCUT2D eigenvalue weighted by Crippen LogP contribution is 2.36. The number of halogens is 1. The molecule has 1 aromatic heterocycles. The van der Waals surface area contributed by atoms with Crippen LogP contribution in [0.2, 0.25) is 0 Å². The Labute approximate surface area is 128 Å². The minimum atomic E-state index is -0.0920. The molecule has 1 N–H and O–H groups in total. The van der Waals surface area contributed by atoms with Gasteiger partial charge in [-0.05, 0) is 18.2 Å². The first-order valence-corrected chi connectivity index (χ1v) is 7.47. The summed E-state index contributed by atoms with van der Waals surface area (Å²) in [6.45, 7) is 0.416. The van der Waals surface area contributed by atoms with Gasteiger partial charge in [0.1, 0.15) is 16.4 Å². The molecule has 3 rings (SSSR count). The molecule has 1 aromatic carbocycles. The Balaban J connectivity index is 1.97. The predicted octanol–water partition coefficient (Wildman–Crippen LogP) is 2.27. The Morgan fingerprint density at radius 2 is 2.40 bits per heavy atom. The van der Waals surface area contributed by atoms with E-state index in [1.165, 1.54) is 11.5 Å². The van der Waals surface area contributed by atoms with Gasteiger partial charge >= 0.3 is 0 Å². The van der Waals surface area contributed by atoms with Gasteiger partial charge in [-0.3, -0.25) is 9.69 Å². The first-order chi connectivity index (χ1) is 9.69. The fourth-order valence-electron chi connectivity index (χ4n) is 2.00. The lowest BCUT2D eigenvalue weighted by Crippen LogP contribution is -2.38. The number of aromatic nitrogens is 2. The Morgan fingerprint density at radius 1 is 1.55 bits per heavy atom. The topological polar surface area (TPSA) is 67.4 Å². The molecule has 0 spiro atoms. The van der Waals surface area contributed by atoms with Gasteiger partial charge in [-0.2, -0.15) is 0 Å². The van der Waals surface area contributed by atoms with Crippen molar-refractivity contribution in [1.29, 1.82) is 0 Å². The summed E-state index contributed by atoms with van der Waals surface area (Å²) in [5.74, 6) is 0.604. The molecule has 0 saturated carbocycles. The molecule has 8 heteroatoms. The lowest BCUT2D eigenvalue weighted by molar-refractivity contribution is -0.121. The quantitative estimate of drug-likeness (QED) is 0.915. The predicted molar refractivity (Wildman–Crippen MR) is 80.3 cm³/mol. The number of hydrogen-bond donors (Lipinski definition) is 1. The second-order valence-electron chi connectivity index (χ2n) is 4.18. The number of carbonyl (C=O) groups excluding carboxylic acids is 1. The standard InChI is InChI=1S/C12H11BrN4O2S/c1-14-12-8(15-16-20-12)5-17-9-4-7(13)2-3-10(9)19-6-11(17)18/h2-4,14H,5-6H2,1H3. The number of nitrogens with one attached hydrogen (secondary N) is 1. The van der Waals surface area contributed by atoms with Crippen molar-refractivity contribution in [2.75, 3.05) is 23.9 Å². The lowest BCUT2D eigenvalue weighted by atomic mass is 10.2. The molecule has 1 amide bonds. The lowest BCUT2D eigenvalue weighted by Gasteiger charge is -2.29. The van der Waals surface area contributed by atoms with E-state index < -0.39 is 0 Å². The zero-order chi connectivity index (χ0) is 14.1. The van der Waals surface area contributed by atoms with Crippen molar-refractivity contribution in [3.63, 3.8) is 0 Å². The van der Waals surface area contributed by atoms with E-state index in [1.54, 1.807) is 4.90 Å². The highest BCUT2D eigenvalue weighted by molar-refractivity contribution is 9.10. The summed E-state index contributed by atoms with van der Waals surface area (Å²) >= 11 is 4.69. The molecule has 0 atom stereocenters. The zero-order valence-corrected chi connectivity index (χ0v) is 13.0. The molecule has 20 heavy (non-hydrogen) atoms. The second kappa shape index (κ2) is 5.37. The maximum absolute atomic E-state index is 12.1. The van der Waals surface area contributed by atoms with Crippen LogP contribution in [0.15, 0.2) is 22.7 Å². The summed E-state index contributed by atoms with van der Waals surface area (Å²) < 4.78 is 10.2. The van der Waals surface area contributed by atoms with Gasteiger partial charge in [0.2, 0.25) is 0 Å². The van der Waals surface area contributed by atoms with Crippen LogP contribution in [0.4, 0.5) is 10.7 Å². The van der Waals surface area contributed by atoms with Crippen molar-refractivity contribution in [2.24, 2.45) is 0 Å². The number of rotatable bonds is 3. The third-order valence-corrected chi connectivity index (χ3v) is 4.23. The Hall–Kier alpha value is -1.67. The van der Waals surface area contributed by atoms with Gasteiger partial charge in [0.05, 0.1) is 12.2 Å². The van der Waals surface area contributed by atoms with Gasteiger partial charge in [0.15, 0.2) is 6.61 Å². The third-order valence-electron chi connectivity index (χ3n) is 2.95. The molecule has 1 aliphatic rings. The van der Waals surface area contributed by atoms with Gasteiger partial charge in [0, 0.05) is 23.1 Å². The van der Waals surface area contributed by atoms with Crippen molar-refractivity contribution in [2.45, 2.75) is 6.54 Å². The van der Waals surface area contributed by atoms with Crippen LogP contribution < -0.4 is 15.0 Å². The number of anilines is 2. The fraction of sp³-hybridized carbons (Fsp3) is 0.250. The van der Waals surface area contributed by atoms with Crippen LogP contribution in [0.3, 0.4) is 0 Å². The molecular weight excluding hydrogens is 344 g/mol. The Morgan fingerprint density at radius 3 is 3.20 bits per heavy atom. The van der Waals surface area contributed by atoms with Crippen LogP contribution in [0.5, 0.6) is 5.75 Å². The molecule has 0 saturated heterocycles. The summed E-state index contributed by atoms with van der Waals surface area (Å²) in [6, 6.07) is 5.60. The van der Waals surface area contributed by atoms with E-state index in [9.17, 15) is 4.79 Å². The number of carbonyl (C=O) groups is 1. The average molecular weight is 355 g/mol. The van der Waals surface area contributed by atoms with Gasteiger partial charge in [-0.1, -0.05) is 20.4 Å². The summed E-state index contributed by atoms with van der Waals surface area (Å²) in [6.07, 6.45) is 0. The van der Waals surface area contributed by atoms with Gasteiger partial charge in [-0.15, -0.1) is 5.10 Å². The summed E-state index contributed by atoms with van der Waals surface area (Å²) in [5.41, 5.74) is 1.49. The first kappa shape index (κ1) is 13.3. The van der Waals surface area contributed by atoms with Crippen LogP contribution >= 0.6 is 27.5 Å². The molecule has 1 aliphatic heterocycles. The van der Waals surface area contributed by atoms with Crippen LogP contribution in [0, 0.1) is 0 Å². The van der Waals surface area contributed by atoms with E-state index in [4.69, 9.17) is 4.74 Å². The largest absolute Gasteiger partial charge is 0.482 e. The maximum Gasteiger partial charge on any atom is 0.265 e. The molecule has 0 bridgehead atoms. The van der Waals surface area contributed by atoms with E-state index in [0.29, 0.717) is 12.3 Å². The Kier molecular flexibility index (Phi) is 3.58. The molecule has 2 aromatic rings. The van der Waals surface area contributed by atoms with Crippen molar-refractivity contribution in [3.8, 4) is 5.75 Å². The van der Waals surface area contributed by atoms with Crippen LogP contribution in [-0.4, -0.2) is 29.1 Å². The molecule has 0 unspecified atom stereocenters. The van der Waals surface area contributed by atoms with E-state index in [2.05, 4.69) is 30.8 Å². The molecule has 0 fully saturated rings. The highest BCUT2D eigenvalue weighted by Gasteiger charge is 2.27. The second-order valence-corrected chi connectivity index (χ2v) is 5.85. The third kappa shape index (κ3) is 2.36. The number of benzene rings is 1. The van der Waals surface area contributed by atoms with Gasteiger partial charge in [0.25, 0.3) is 5.91 Å². The van der Waals surface area contributed by atoms with Gasteiger partial charge in [-0.25, -0.2) is 0 Å². The Bertz CT molecular complexity index is 661. The summed E-state index contributed by atoms with van der Waals surface area (Å²) in [4.78, 5) is 13.8. The number of ether oxygens (including phenoxy) is 1. The van der Waals surface area contributed by atoms with E-state index in [-0.39, 0.29) is 12.5 Å². The molecule has 2 heterocycles. The molecule has 0 radical (unpaired) electrons. The highest BCUT2D eigenvalue weighted by atomic mass is 79.9. The van der Waals surface area contributed by atoms with Gasteiger partial charge < -0.3 is 10.1 Å². The molecule has 0 aliphatic carbocycles. The monoisotopic (exact) mass is 354 g/mol. The van der Waals surface area contributed by atoms with E-state index >= 15 is 0 Å². The number of fused-ring (bicyclic) bond motifs is 1. The SMILES string of the molecule is CNc1snnc1CN1C(=O)COc2ccc(Br)cc21. The van der Waals surface area contributed by atoms with Crippen LogP contribution in [-0.2, 0) is 11.3 Å². The number of hydrogen-bond acceptors (Lipinski definition) is 6. The summed E-state index contributed by atoms with van der Waals surface area (Å²) in [7, 11) is 1.81. The van der Waals surface area contributed by atoms with E-state index in [0.717, 1.165) is 20.9 Å². The smallest absolute Gasteiger partial charge is 0.265 e. The molecule has 6 nitrogen and oxygen atoms in total. The van der Waals surface area contributed by atoms with Crippen molar-refractivity contribution >= 4 is 44.1 Å². The fourth-order valence-corrected chi connectivity index (χ4v) is 2.87. The number of amides is 1. The minimum Gasteiger partial charge on any atom is -0.482 e. The van der Waals surface area contributed by atoms with Crippen molar-refractivity contribution < 1.29 is 9.53 Å². The van der Waals surface area contributed by atoms with Crippen LogP contribution in [0.1, 0.15) is 5.69 Å². The number of nitrogens with zero attached hydrogens (tertiary/aromatic N) is 3. The minimum absolute atomic E-state index is 0.0427. The molecule has 104 valence electrons. The van der Waals surface area contributed by atoms with E-state index in [1.807, 2.05) is 25.2 Å². The van der Waals surface area contributed by atoms with Crippen molar-refractivity contribution in [3.05, 3.63) is 28.4 Å². The zero-order valence-electron chi connectivity index (χ0n) is 10.6. The first-order valence-electron chi connectivity index (χ1n) is 5.90. The normalized spacial score (nSPS) is 13.9. The average Bonchev–Trinajstić information content (AvgIpc) is 2.89. The van der Waals surface area contributed by atoms with Crippen molar-refractivity contribution in [1.82, 2.24) is 9.59 Å². The maximum atomic E-state index is 12.1. The molecular formula is C12H11BrN4O2S.